The summed E-state index contributed by atoms with van der Waals surface area (Å²) in [7, 11) is 0. The number of anilines is 2. The van der Waals surface area contributed by atoms with Crippen molar-refractivity contribution >= 4 is 22.3 Å². The largest absolute Gasteiger partial charge is 0.375 e. The smallest absolute Gasteiger partial charge is 0.180 e. The van der Waals surface area contributed by atoms with Gasteiger partial charge in [-0.2, -0.15) is 0 Å². The molecule has 1 atom stereocenters. The van der Waals surface area contributed by atoms with E-state index in [2.05, 4.69) is 25.2 Å². The van der Waals surface area contributed by atoms with Gasteiger partial charge < -0.3 is 10.6 Å². The van der Waals surface area contributed by atoms with Crippen LogP contribution in [0.4, 0.5) is 10.9 Å². The van der Waals surface area contributed by atoms with Crippen molar-refractivity contribution in [2.45, 2.75) is 32.2 Å². The van der Waals surface area contributed by atoms with Crippen molar-refractivity contribution in [1.29, 1.82) is 0 Å². The molecule has 0 saturated carbocycles. The third-order valence-electron chi connectivity index (χ3n) is 3.44. The quantitative estimate of drug-likeness (QED) is 0.912. The zero-order chi connectivity index (χ0) is 13.2. The number of piperidine rings is 1. The van der Waals surface area contributed by atoms with E-state index in [4.69, 9.17) is 5.73 Å². The molecule has 100 valence electrons. The lowest BCUT2D eigenvalue weighted by atomic mass is 10.00. The average molecular weight is 275 g/mol. The predicted molar refractivity (Wildman–Crippen MR) is 77.2 cm³/mol. The molecule has 1 saturated heterocycles. The van der Waals surface area contributed by atoms with Gasteiger partial charge in [0.15, 0.2) is 5.13 Å². The summed E-state index contributed by atoms with van der Waals surface area (Å²) in [5.74, 6) is 1.79. The maximum absolute atomic E-state index is 5.76. The second-order valence-corrected chi connectivity index (χ2v) is 5.67. The van der Waals surface area contributed by atoms with Gasteiger partial charge in [-0.3, -0.25) is 0 Å². The van der Waals surface area contributed by atoms with Crippen molar-refractivity contribution in [3.8, 4) is 0 Å². The molecule has 1 unspecified atom stereocenters. The first-order valence-corrected chi connectivity index (χ1v) is 7.39. The Balaban J connectivity index is 1.93. The van der Waals surface area contributed by atoms with Crippen LogP contribution in [-0.2, 0) is 0 Å². The highest BCUT2D eigenvalue weighted by Crippen LogP contribution is 2.34. The number of hydrogen-bond donors (Lipinski definition) is 1. The molecule has 2 aromatic heterocycles. The highest BCUT2D eigenvalue weighted by molar-refractivity contribution is 7.13. The molecule has 6 heteroatoms. The van der Waals surface area contributed by atoms with Gasteiger partial charge in [-0.05, 0) is 32.3 Å². The molecule has 1 fully saturated rings. The third-order valence-corrected chi connectivity index (χ3v) is 4.13. The number of nitrogens with two attached hydrogens (primary N) is 1. The minimum absolute atomic E-state index is 0.289. The minimum atomic E-state index is 0.289. The standard InChI is InChI=1S/C13H17N5S/c1-9-15-6-5-12(16-9)18-7-3-2-4-11(18)10-8-19-13(14)17-10/h5-6,8,11H,2-4,7H2,1H3,(H2,14,17). The van der Waals surface area contributed by atoms with Gasteiger partial charge in [-0.25, -0.2) is 15.0 Å². The molecular weight excluding hydrogens is 258 g/mol. The topological polar surface area (TPSA) is 67.9 Å². The molecule has 2 N–H and O–H groups in total. The van der Waals surface area contributed by atoms with Gasteiger partial charge in [-0.1, -0.05) is 0 Å². The van der Waals surface area contributed by atoms with E-state index in [0.29, 0.717) is 5.13 Å². The van der Waals surface area contributed by atoms with Gasteiger partial charge in [0.25, 0.3) is 0 Å². The van der Waals surface area contributed by atoms with Crippen LogP contribution in [0.3, 0.4) is 0 Å². The monoisotopic (exact) mass is 275 g/mol. The molecule has 0 spiro atoms. The van der Waals surface area contributed by atoms with E-state index in [1.807, 2.05) is 19.2 Å². The molecule has 0 aromatic carbocycles. The summed E-state index contributed by atoms with van der Waals surface area (Å²) >= 11 is 1.51. The third kappa shape index (κ3) is 2.53. The van der Waals surface area contributed by atoms with Crippen LogP contribution < -0.4 is 10.6 Å². The van der Waals surface area contributed by atoms with Crippen LogP contribution in [0.5, 0.6) is 0 Å². The number of nitrogens with zero attached hydrogens (tertiary/aromatic N) is 4. The van der Waals surface area contributed by atoms with Gasteiger partial charge in [0.1, 0.15) is 11.6 Å². The number of hydrogen-bond acceptors (Lipinski definition) is 6. The zero-order valence-electron chi connectivity index (χ0n) is 10.9. The maximum Gasteiger partial charge on any atom is 0.180 e. The van der Waals surface area contributed by atoms with Crippen LogP contribution in [0, 0.1) is 6.92 Å². The molecule has 0 radical (unpaired) electrons. The molecule has 0 amide bonds. The number of rotatable bonds is 2. The van der Waals surface area contributed by atoms with Gasteiger partial charge in [0.2, 0.25) is 0 Å². The Morgan fingerprint density at radius 3 is 3.00 bits per heavy atom. The second-order valence-electron chi connectivity index (χ2n) is 4.78. The van der Waals surface area contributed by atoms with Crippen molar-refractivity contribution in [2.24, 2.45) is 0 Å². The molecule has 0 bridgehead atoms. The molecule has 2 aromatic rings. The van der Waals surface area contributed by atoms with Crippen molar-refractivity contribution in [3.05, 3.63) is 29.2 Å². The Bertz CT molecular complexity index is 568. The zero-order valence-corrected chi connectivity index (χ0v) is 11.7. The lowest BCUT2D eigenvalue weighted by Crippen LogP contribution is -2.34. The first-order chi connectivity index (χ1) is 9.24. The van der Waals surface area contributed by atoms with Crippen LogP contribution in [-0.4, -0.2) is 21.5 Å². The molecule has 19 heavy (non-hydrogen) atoms. The lowest BCUT2D eigenvalue weighted by Gasteiger charge is -2.35. The Kier molecular flexibility index (Phi) is 3.33. The molecule has 3 rings (SSSR count). The fourth-order valence-corrected chi connectivity index (χ4v) is 3.18. The summed E-state index contributed by atoms with van der Waals surface area (Å²) in [5, 5.41) is 2.70. The Labute approximate surface area is 116 Å². The van der Waals surface area contributed by atoms with Gasteiger partial charge in [0, 0.05) is 18.1 Å². The number of aromatic nitrogens is 3. The van der Waals surface area contributed by atoms with E-state index in [-0.39, 0.29) is 6.04 Å². The van der Waals surface area contributed by atoms with Crippen LogP contribution in [0.15, 0.2) is 17.6 Å². The summed E-state index contributed by atoms with van der Waals surface area (Å²) in [6.45, 7) is 2.93. The van der Waals surface area contributed by atoms with E-state index < -0.39 is 0 Å². The number of thiazole rings is 1. The summed E-state index contributed by atoms with van der Waals surface area (Å²) < 4.78 is 0. The van der Waals surface area contributed by atoms with E-state index in [9.17, 15) is 0 Å². The van der Waals surface area contributed by atoms with E-state index in [1.165, 1.54) is 24.2 Å². The minimum Gasteiger partial charge on any atom is -0.375 e. The molecule has 1 aliphatic rings. The van der Waals surface area contributed by atoms with Crippen molar-refractivity contribution in [2.75, 3.05) is 17.2 Å². The highest BCUT2D eigenvalue weighted by Gasteiger charge is 2.27. The second kappa shape index (κ2) is 5.13. The van der Waals surface area contributed by atoms with Crippen molar-refractivity contribution in [3.63, 3.8) is 0 Å². The predicted octanol–water partition coefficient (Wildman–Crippen LogP) is 2.56. The number of aryl methyl sites for hydroxylation is 1. The average Bonchev–Trinajstić information content (AvgIpc) is 2.85. The Morgan fingerprint density at radius 2 is 2.26 bits per heavy atom. The van der Waals surface area contributed by atoms with Crippen molar-refractivity contribution in [1.82, 2.24) is 15.0 Å². The summed E-state index contributed by atoms with van der Waals surface area (Å²) in [6, 6.07) is 2.26. The summed E-state index contributed by atoms with van der Waals surface area (Å²) in [6.07, 6.45) is 5.34. The van der Waals surface area contributed by atoms with Gasteiger partial charge in [0.05, 0.1) is 11.7 Å². The highest BCUT2D eigenvalue weighted by atomic mass is 32.1. The molecule has 0 aliphatic carbocycles. The maximum atomic E-state index is 5.76. The summed E-state index contributed by atoms with van der Waals surface area (Å²) in [4.78, 5) is 15.5. The van der Waals surface area contributed by atoms with Crippen LogP contribution in [0.25, 0.3) is 0 Å². The molecular formula is C13H17N5S. The first-order valence-electron chi connectivity index (χ1n) is 6.51. The Morgan fingerprint density at radius 1 is 1.37 bits per heavy atom. The van der Waals surface area contributed by atoms with Crippen LogP contribution >= 0.6 is 11.3 Å². The molecule has 3 heterocycles. The Hall–Kier alpha value is -1.69. The fourth-order valence-electron chi connectivity index (χ4n) is 2.57. The lowest BCUT2D eigenvalue weighted by molar-refractivity contribution is 0.463. The first kappa shape index (κ1) is 12.3. The van der Waals surface area contributed by atoms with E-state index in [1.54, 1.807) is 0 Å². The number of nitrogen functional groups attached to an aromatic ring is 1. The van der Waals surface area contributed by atoms with Gasteiger partial charge >= 0.3 is 0 Å². The van der Waals surface area contributed by atoms with Crippen LogP contribution in [0.1, 0.15) is 36.8 Å². The van der Waals surface area contributed by atoms with E-state index >= 15 is 0 Å². The molecule has 1 aliphatic heterocycles. The van der Waals surface area contributed by atoms with Crippen LogP contribution in [0.2, 0.25) is 0 Å². The van der Waals surface area contributed by atoms with Gasteiger partial charge in [-0.15, -0.1) is 11.3 Å². The van der Waals surface area contributed by atoms with E-state index in [0.717, 1.165) is 30.3 Å². The summed E-state index contributed by atoms with van der Waals surface area (Å²) in [5.41, 5.74) is 6.82. The normalized spacial score (nSPS) is 19.6. The fraction of sp³-hybridized carbons (Fsp3) is 0.462. The van der Waals surface area contributed by atoms with Crippen molar-refractivity contribution < 1.29 is 0 Å². The SMILES string of the molecule is Cc1nccc(N2CCCCC2c2csc(N)n2)n1. The molecule has 5 nitrogen and oxygen atoms in total.